The van der Waals surface area contributed by atoms with Crippen LogP contribution in [0.15, 0.2) is 60.8 Å². The fourth-order valence-corrected chi connectivity index (χ4v) is 4.55. The number of anilines is 1. The molecule has 0 spiro atoms. The molecule has 3 heterocycles. The van der Waals surface area contributed by atoms with Crippen LogP contribution in [0.4, 0.5) is 10.1 Å². The van der Waals surface area contributed by atoms with Crippen molar-refractivity contribution in [3.8, 4) is 0 Å². The summed E-state index contributed by atoms with van der Waals surface area (Å²) in [5, 5.41) is 3.94. The predicted molar refractivity (Wildman–Crippen MR) is 104 cm³/mol. The lowest BCUT2D eigenvalue weighted by atomic mass is 10.0. The van der Waals surface area contributed by atoms with Gasteiger partial charge >= 0.3 is 0 Å². The zero-order valence-corrected chi connectivity index (χ0v) is 15.3. The smallest absolute Gasteiger partial charge is 0.174 e. The van der Waals surface area contributed by atoms with Gasteiger partial charge in [0, 0.05) is 16.8 Å². The normalized spacial score (nSPS) is 19.9. The average molecular weight is 390 g/mol. The number of halogens is 2. The van der Waals surface area contributed by atoms with Gasteiger partial charge in [0.05, 0.1) is 22.1 Å². The summed E-state index contributed by atoms with van der Waals surface area (Å²) < 4.78 is 14.1. The Morgan fingerprint density at radius 1 is 1.12 bits per heavy atom. The Morgan fingerprint density at radius 2 is 1.92 bits per heavy atom. The molecular formula is C18H13ClFN3S2. The summed E-state index contributed by atoms with van der Waals surface area (Å²) in [5.74, 6) is -0.279. The molecule has 126 valence electrons. The molecule has 0 aliphatic carbocycles. The van der Waals surface area contributed by atoms with Gasteiger partial charge in [-0.3, -0.25) is 4.98 Å². The van der Waals surface area contributed by atoms with Crippen molar-refractivity contribution in [2.45, 2.75) is 12.1 Å². The standard InChI is InChI=1S/C18H13ClFN3S2/c19-15-9-8-14(25-15)17-16(13-3-1-2-10-21-13)22-18(24)23(17)12-6-4-11(20)5-7-12/h1-10,16-17H,(H,22,24)/t16-,17+/m0/s1. The maximum Gasteiger partial charge on any atom is 0.174 e. The number of benzene rings is 1. The Morgan fingerprint density at radius 3 is 2.56 bits per heavy atom. The quantitative estimate of drug-likeness (QED) is 0.630. The van der Waals surface area contributed by atoms with E-state index in [1.807, 2.05) is 35.2 Å². The Labute approximate surface area is 159 Å². The third kappa shape index (κ3) is 3.13. The van der Waals surface area contributed by atoms with Crippen molar-refractivity contribution in [3.05, 3.63) is 81.5 Å². The van der Waals surface area contributed by atoms with E-state index in [4.69, 9.17) is 23.8 Å². The van der Waals surface area contributed by atoms with Crippen molar-refractivity contribution in [2.24, 2.45) is 0 Å². The Bertz CT molecular complexity index is 898. The largest absolute Gasteiger partial charge is 0.351 e. The van der Waals surface area contributed by atoms with E-state index >= 15 is 0 Å². The first-order valence-electron chi connectivity index (χ1n) is 7.65. The summed E-state index contributed by atoms with van der Waals surface area (Å²) in [6.07, 6.45) is 1.76. The maximum atomic E-state index is 13.3. The molecule has 7 heteroatoms. The van der Waals surface area contributed by atoms with Crippen LogP contribution in [0.3, 0.4) is 0 Å². The number of hydrogen-bond donors (Lipinski definition) is 1. The minimum atomic E-state index is -0.279. The summed E-state index contributed by atoms with van der Waals surface area (Å²) in [7, 11) is 0. The molecule has 0 unspecified atom stereocenters. The number of thiophene rings is 1. The van der Waals surface area contributed by atoms with Gasteiger partial charge in [-0.15, -0.1) is 11.3 Å². The summed E-state index contributed by atoms with van der Waals surface area (Å²) in [5.41, 5.74) is 1.72. The van der Waals surface area contributed by atoms with Crippen LogP contribution in [0.5, 0.6) is 0 Å². The molecule has 1 aliphatic heterocycles. The van der Waals surface area contributed by atoms with Crippen LogP contribution >= 0.6 is 35.2 Å². The molecule has 0 bridgehead atoms. The Hall–Kier alpha value is -2.02. The highest BCUT2D eigenvalue weighted by molar-refractivity contribution is 7.80. The van der Waals surface area contributed by atoms with Crippen LogP contribution in [0.25, 0.3) is 0 Å². The number of rotatable bonds is 3. The highest BCUT2D eigenvalue weighted by Crippen LogP contribution is 2.44. The van der Waals surface area contributed by atoms with Crippen molar-refractivity contribution in [1.82, 2.24) is 10.3 Å². The van der Waals surface area contributed by atoms with Crippen LogP contribution in [0, 0.1) is 5.82 Å². The summed E-state index contributed by atoms with van der Waals surface area (Å²) in [6.45, 7) is 0. The molecule has 1 aromatic carbocycles. The number of pyridine rings is 1. The second-order valence-electron chi connectivity index (χ2n) is 5.61. The first-order valence-corrected chi connectivity index (χ1v) is 9.25. The molecule has 3 nitrogen and oxygen atoms in total. The average Bonchev–Trinajstić information content (AvgIpc) is 3.20. The molecule has 25 heavy (non-hydrogen) atoms. The maximum absolute atomic E-state index is 13.3. The van der Waals surface area contributed by atoms with E-state index in [9.17, 15) is 4.39 Å². The zero-order valence-electron chi connectivity index (χ0n) is 12.9. The number of aromatic nitrogens is 1. The monoisotopic (exact) mass is 389 g/mol. The fraction of sp³-hybridized carbons (Fsp3) is 0.111. The van der Waals surface area contributed by atoms with Crippen molar-refractivity contribution in [3.63, 3.8) is 0 Å². The van der Waals surface area contributed by atoms with E-state index in [1.54, 1.807) is 18.3 Å². The summed E-state index contributed by atoms with van der Waals surface area (Å²) in [6, 6.07) is 15.8. The van der Waals surface area contributed by atoms with Gasteiger partial charge in [-0.1, -0.05) is 17.7 Å². The van der Waals surface area contributed by atoms with Gasteiger partial charge in [-0.05, 0) is 60.7 Å². The van der Waals surface area contributed by atoms with Crippen molar-refractivity contribution >= 4 is 46.0 Å². The lowest BCUT2D eigenvalue weighted by Crippen LogP contribution is -2.29. The molecule has 1 saturated heterocycles. The van der Waals surface area contributed by atoms with Gasteiger partial charge < -0.3 is 10.2 Å². The predicted octanol–water partition coefficient (Wildman–Crippen LogP) is 5.11. The fourth-order valence-electron chi connectivity index (χ4n) is 3.01. The van der Waals surface area contributed by atoms with E-state index < -0.39 is 0 Å². The van der Waals surface area contributed by atoms with Gasteiger partial charge in [0.25, 0.3) is 0 Å². The molecule has 0 amide bonds. The molecule has 0 radical (unpaired) electrons. The molecule has 4 rings (SSSR count). The van der Waals surface area contributed by atoms with Crippen LogP contribution in [0.1, 0.15) is 22.7 Å². The van der Waals surface area contributed by atoms with E-state index in [1.165, 1.54) is 23.5 Å². The molecule has 1 N–H and O–H groups in total. The third-order valence-electron chi connectivity index (χ3n) is 4.09. The zero-order chi connectivity index (χ0) is 17.4. The molecule has 3 aromatic rings. The lowest BCUT2D eigenvalue weighted by molar-refractivity contribution is 0.575. The summed E-state index contributed by atoms with van der Waals surface area (Å²) in [4.78, 5) is 7.55. The third-order valence-corrected chi connectivity index (χ3v) is 5.70. The molecule has 2 aromatic heterocycles. The molecular weight excluding hydrogens is 377 g/mol. The van der Waals surface area contributed by atoms with Crippen LogP contribution < -0.4 is 10.2 Å². The SMILES string of the molecule is Fc1ccc(N2C(=S)N[C@@H](c3ccccn3)[C@H]2c2ccc(Cl)s2)cc1. The van der Waals surface area contributed by atoms with Gasteiger partial charge in [-0.25, -0.2) is 4.39 Å². The second kappa shape index (κ2) is 6.71. The number of thiocarbonyl (C=S) groups is 1. The van der Waals surface area contributed by atoms with Crippen molar-refractivity contribution in [1.29, 1.82) is 0 Å². The van der Waals surface area contributed by atoms with Crippen LogP contribution in [-0.2, 0) is 0 Å². The molecule has 2 atom stereocenters. The van der Waals surface area contributed by atoms with Gasteiger partial charge in [0.2, 0.25) is 0 Å². The molecule has 1 aliphatic rings. The number of nitrogens with one attached hydrogen (secondary N) is 1. The summed E-state index contributed by atoms with van der Waals surface area (Å²) >= 11 is 13.3. The Kier molecular flexibility index (Phi) is 4.41. The van der Waals surface area contributed by atoms with Gasteiger partial charge in [0.1, 0.15) is 5.82 Å². The topological polar surface area (TPSA) is 28.2 Å². The van der Waals surface area contributed by atoms with Crippen molar-refractivity contribution in [2.75, 3.05) is 4.90 Å². The van der Waals surface area contributed by atoms with E-state index in [0.29, 0.717) is 9.45 Å². The van der Waals surface area contributed by atoms with E-state index in [-0.39, 0.29) is 17.9 Å². The van der Waals surface area contributed by atoms with Crippen LogP contribution in [-0.4, -0.2) is 10.1 Å². The first-order chi connectivity index (χ1) is 12.1. The van der Waals surface area contributed by atoms with E-state index in [0.717, 1.165) is 16.3 Å². The van der Waals surface area contributed by atoms with Gasteiger partial charge in [0.15, 0.2) is 5.11 Å². The van der Waals surface area contributed by atoms with E-state index in [2.05, 4.69) is 10.3 Å². The highest BCUT2D eigenvalue weighted by atomic mass is 35.5. The second-order valence-corrected chi connectivity index (χ2v) is 7.75. The Balaban J connectivity index is 1.81. The van der Waals surface area contributed by atoms with Crippen molar-refractivity contribution < 1.29 is 4.39 Å². The lowest BCUT2D eigenvalue weighted by Gasteiger charge is -2.26. The number of hydrogen-bond acceptors (Lipinski definition) is 3. The molecule has 0 saturated carbocycles. The number of nitrogens with zero attached hydrogens (tertiary/aromatic N) is 2. The highest BCUT2D eigenvalue weighted by Gasteiger charge is 2.41. The first kappa shape index (κ1) is 16.4. The molecule has 1 fully saturated rings. The minimum absolute atomic E-state index is 0.106. The van der Waals surface area contributed by atoms with Crippen LogP contribution in [0.2, 0.25) is 4.34 Å². The van der Waals surface area contributed by atoms with Gasteiger partial charge in [-0.2, -0.15) is 0 Å². The minimum Gasteiger partial charge on any atom is -0.351 e.